The molecule has 1 N–H and O–H groups in total. The SMILES string of the molecule is OCc1cc(Cl)n2ncnc2c1. The summed E-state index contributed by atoms with van der Waals surface area (Å²) in [5.74, 6) is 0. The average molecular weight is 184 g/mol. The van der Waals surface area contributed by atoms with E-state index in [1.54, 1.807) is 12.1 Å². The number of hydrogen-bond donors (Lipinski definition) is 1. The molecule has 12 heavy (non-hydrogen) atoms. The maximum absolute atomic E-state index is 8.84. The third-order valence-corrected chi connectivity index (χ3v) is 1.85. The van der Waals surface area contributed by atoms with Crippen molar-refractivity contribution in [2.45, 2.75) is 6.61 Å². The van der Waals surface area contributed by atoms with Crippen LogP contribution in [0.3, 0.4) is 0 Å². The van der Waals surface area contributed by atoms with Crippen LogP contribution < -0.4 is 0 Å². The molecular formula is C7H6ClN3O. The third-order valence-electron chi connectivity index (χ3n) is 1.58. The molecule has 0 spiro atoms. The lowest BCUT2D eigenvalue weighted by Gasteiger charge is -1.98. The first-order valence-corrected chi connectivity index (χ1v) is 3.78. The van der Waals surface area contributed by atoms with Crippen LogP contribution in [0.2, 0.25) is 5.15 Å². The van der Waals surface area contributed by atoms with E-state index >= 15 is 0 Å². The highest BCUT2D eigenvalue weighted by atomic mass is 35.5. The molecule has 0 bridgehead atoms. The van der Waals surface area contributed by atoms with Gasteiger partial charge in [0.05, 0.1) is 6.61 Å². The van der Waals surface area contributed by atoms with Crippen molar-refractivity contribution in [1.82, 2.24) is 14.6 Å². The van der Waals surface area contributed by atoms with E-state index in [2.05, 4.69) is 10.1 Å². The standard InChI is InChI=1S/C7H6ClN3O/c8-6-1-5(3-12)2-7-9-4-10-11(6)7/h1-2,4,12H,3H2. The summed E-state index contributed by atoms with van der Waals surface area (Å²) in [4.78, 5) is 3.94. The van der Waals surface area contributed by atoms with Crippen LogP contribution in [-0.4, -0.2) is 19.7 Å². The van der Waals surface area contributed by atoms with E-state index < -0.39 is 0 Å². The zero-order valence-corrected chi connectivity index (χ0v) is 6.86. The predicted octanol–water partition coefficient (Wildman–Crippen LogP) is 0.875. The molecule has 0 aromatic carbocycles. The van der Waals surface area contributed by atoms with Crippen LogP contribution in [0, 0.1) is 0 Å². The van der Waals surface area contributed by atoms with E-state index in [1.807, 2.05) is 0 Å². The number of hydrogen-bond acceptors (Lipinski definition) is 3. The molecule has 62 valence electrons. The number of rotatable bonds is 1. The van der Waals surface area contributed by atoms with Gasteiger partial charge >= 0.3 is 0 Å². The summed E-state index contributed by atoms with van der Waals surface area (Å²) in [6.45, 7) is -0.0386. The first kappa shape index (κ1) is 7.52. The summed E-state index contributed by atoms with van der Waals surface area (Å²) in [5.41, 5.74) is 1.38. The fourth-order valence-corrected chi connectivity index (χ4v) is 1.30. The van der Waals surface area contributed by atoms with Gasteiger partial charge in [0.2, 0.25) is 0 Å². The van der Waals surface area contributed by atoms with Gasteiger partial charge in [-0.2, -0.15) is 5.10 Å². The van der Waals surface area contributed by atoms with E-state index in [1.165, 1.54) is 10.8 Å². The minimum atomic E-state index is -0.0386. The Labute approximate surface area is 73.4 Å². The van der Waals surface area contributed by atoms with Crippen LogP contribution in [-0.2, 0) is 6.61 Å². The van der Waals surface area contributed by atoms with Crippen molar-refractivity contribution in [2.24, 2.45) is 0 Å². The van der Waals surface area contributed by atoms with E-state index in [-0.39, 0.29) is 6.61 Å². The summed E-state index contributed by atoms with van der Waals surface area (Å²) in [6, 6.07) is 3.39. The Bertz CT molecular complexity index is 412. The third kappa shape index (κ3) is 1.05. The molecule has 0 fully saturated rings. The molecule has 5 heteroatoms. The van der Waals surface area contributed by atoms with Gasteiger partial charge in [-0.05, 0) is 17.7 Å². The van der Waals surface area contributed by atoms with Crippen LogP contribution in [0.15, 0.2) is 18.5 Å². The number of pyridine rings is 1. The highest BCUT2D eigenvalue weighted by Gasteiger charge is 2.01. The van der Waals surface area contributed by atoms with Crippen LogP contribution in [0.5, 0.6) is 0 Å². The number of halogens is 1. The van der Waals surface area contributed by atoms with Gasteiger partial charge in [-0.15, -0.1) is 0 Å². The van der Waals surface area contributed by atoms with E-state index in [9.17, 15) is 0 Å². The number of aliphatic hydroxyl groups excluding tert-OH is 1. The number of aromatic nitrogens is 3. The molecule has 2 aromatic rings. The predicted molar refractivity (Wildman–Crippen MR) is 43.9 cm³/mol. The van der Waals surface area contributed by atoms with Crippen LogP contribution >= 0.6 is 11.6 Å². The molecule has 0 saturated heterocycles. The lowest BCUT2D eigenvalue weighted by molar-refractivity contribution is 0.282. The van der Waals surface area contributed by atoms with Crippen molar-refractivity contribution in [1.29, 1.82) is 0 Å². The molecule has 0 unspecified atom stereocenters. The Morgan fingerprint density at radius 1 is 1.50 bits per heavy atom. The topological polar surface area (TPSA) is 50.4 Å². The Morgan fingerprint density at radius 3 is 3.08 bits per heavy atom. The van der Waals surface area contributed by atoms with Crippen molar-refractivity contribution in [2.75, 3.05) is 0 Å². The molecule has 0 saturated carbocycles. The number of aliphatic hydroxyl groups is 1. The quantitative estimate of drug-likeness (QED) is 0.668. The van der Waals surface area contributed by atoms with Crippen molar-refractivity contribution in [3.63, 3.8) is 0 Å². The summed E-state index contributed by atoms with van der Waals surface area (Å²) in [7, 11) is 0. The minimum absolute atomic E-state index is 0.0386. The Balaban J connectivity index is 2.75. The number of fused-ring (bicyclic) bond motifs is 1. The van der Waals surface area contributed by atoms with Gasteiger partial charge in [-0.1, -0.05) is 11.6 Å². The normalized spacial score (nSPS) is 10.8. The lowest BCUT2D eigenvalue weighted by Crippen LogP contribution is -1.92. The fourth-order valence-electron chi connectivity index (χ4n) is 1.03. The fraction of sp³-hybridized carbons (Fsp3) is 0.143. The van der Waals surface area contributed by atoms with Crippen molar-refractivity contribution in [3.8, 4) is 0 Å². The van der Waals surface area contributed by atoms with Gasteiger partial charge in [0, 0.05) is 0 Å². The highest BCUT2D eigenvalue weighted by Crippen LogP contribution is 2.13. The highest BCUT2D eigenvalue weighted by molar-refractivity contribution is 6.29. The first-order valence-electron chi connectivity index (χ1n) is 3.40. The minimum Gasteiger partial charge on any atom is -0.392 e. The summed E-state index contributed by atoms with van der Waals surface area (Å²) < 4.78 is 1.50. The molecule has 0 amide bonds. The Morgan fingerprint density at radius 2 is 2.33 bits per heavy atom. The maximum atomic E-state index is 8.84. The summed E-state index contributed by atoms with van der Waals surface area (Å²) in [6.07, 6.45) is 1.42. The van der Waals surface area contributed by atoms with Crippen LogP contribution in [0.4, 0.5) is 0 Å². The Hall–Kier alpha value is -1.13. The van der Waals surface area contributed by atoms with Crippen LogP contribution in [0.1, 0.15) is 5.56 Å². The van der Waals surface area contributed by atoms with Crippen molar-refractivity contribution in [3.05, 3.63) is 29.2 Å². The van der Waals surface area contributed by atoms with Crippen molar-refractivity contribution >= 4 is 17.2 Å². The second-order valence-electron chi connectivity index (χ2n) is 2.37. The molecule has 0 radical (unpaired) electrons. The van der Waals surface area contributed by atoms with Gasteiger partial charge in [0.25, 0.3) is 0 Å². The largest absolute Gasteiger partial charge is 0.392 e. The van der Waals surface area contributed by atoms with E-state index in [0.717, 1.165) is 5.56 Å². The molecule has 0 aliphatic rings. The molecule has 0 aliphatic carbocycles. The zero-order valence-electron chi connectivity index (χ0n) is 6.11. The first-order chi connectivity index (χ1) is 5.81. The van der Waals surface area contributed by atoms with Gasteiger partial charge in [-0.25, -0.2) is 9.50 Å². The average Bonchev–Trinajstić information content (AvgIpc) is 2.52. The van der Waals surface area contributed by atoms with Gasteiger partial charge < -0.3 is 5.11 Å². The molecule has 2 heterocycles. The van der Waals surface area contributed by atoms with E-state index in [0.29, 0.717) is 10.8 Å². The smallest absolute Gasteiger partial charge is 0.157 e. The Kier molecular flexibility index (Phi) is 1.71. The molecular weight excluding hydrogens is 178 g/mol. The second-order valence-corrected chi connectivity index (χ2v) is 2.76. The second kappa shape index (κ2) is 2.73. The van der Waals surface area contributed by atoms with Crippen molar-refractivity contribution < 1.29 is 5.11 Å². The molecule has 4 nitrogen and oxygen atoms in total. The van der Waals surface area contributed by atoms with E-state index in [4.69, 9.17) is 16.7 Å². The molecule has 2 rings (SSSR count). The van der Waals surface area contributed by atoms with Gasteiger partial charge in [0.15, 0.2) is 5.65 Å². The molecule has 0 atom stereocenters. The maximum Gasteiger partial charge on any atom is 0.157 e. The number of nitrogens with zero attached hydrogens (tertiary/aromatic N) is 3. The monoisotopic (exact) mass is 183 g/mol. The summed E-state index contributed by atoms with van der Waals surface area (Å²) in [5, 5.41) is 13.2. The summed E-state index contributed by atoms with van der Waals surface area (Å²) >= 11 is 5.83. The van der Waals surface area contributed by atoms with Gasteiger partial charge in [-0.3, -0.25) is 0 Å². The lowest BCUT2D eigenvalue weighted by atomic mass is 10.3. The van der Waals surface area contributed by atoms with Crippen LogP contribution in [0.25, 0.3) is 5.65 Å². The zero-order chi connectivity index (χ0) is 8.55. The molecule has 0 aliphatic heterocycles. The van der Waals surface area contributed by atoms with Gasteiger partial charge in [0.1, 0.15) is 11.5 Å². The molecule has 2 aromatic heterocycles.